The third-order valence-corrected chi connectivity index (χ3v) is 2.23. The van der Waals surface area contributed by atoms with E-state index in [1.165, 1.54) is 12.1 Å². The lowest BCUT2D eigenvalue weighted by atomic mass is 10.2. The van der Waals surface area contributed by atoms with Crippen molar-refractivity contribution in [1.29, 1.82) is 0 Å². The molecule has 1 atom stereocenters. The molecule has 19 heavy (non-hydrogen) atoms. The number of carboxylic acids is 1. The Morgan fingerprint density at radius 1 is 1.53 bits per heavy atom. The molecule has 0 aliphatic heterocycles. The number of anilines is 1. The molecule has 1 rings (SSSR count). The van der Waals surface area contributed by atoms with Gasteiger partial charge < -0.3 is 20.9 Å². The largest absolute Gasteiger partial charge is 0.491 e. The molecule has 0 heterocycles. The zero-order valence-corrected chi connectivity index (χ0v) is 10.4. The van der Waals surface area contributed by atoms with E-state index < -0.39 is 30.2 Å². The van der Waals surface area contributed by atoms with Gasteiger partial charge in [-0.2, -0.15) is 0 Å². The first kappa shape index (κ1) is 14.9. The van der Waals surface area contributed by atoms with Crippen LogP contribution < -0.4 is 15.8 Å². The molecule has 0 saturated heterocycles. The van der Waals surface area contributed by atoms with Gasteiger partial charge in [-0.25, -0.2) is 4.39 Å². The van der Waals surface area contributed by atoms with Crippen LogP contribution in [0, 0.1) is 5.82 Å². The molecule has 0 fully saturated rings. The smallest absolute Gasteiger partial charge is 0.305 e. The van der Waals surface area contributed by atoms with Gasteiger partial charge in [0.15, 0.2) is 11.6 Å². The number of nitrogens with one attached hydrogen (secondary N) is 1. The van der Waals surface area contributed by atoms with Crippen LogP contribution in [0.15, 0.2) is 18.2 Å². The maximum Gasteiger partial charge on any atom is 0.305 e. The Hall–Kier alpha value is -2.15. The van der Waals surface area contributed by atoms with Gasteiger partial charge in [-0.1, -0.05) is 0 Å². The molecule has 1 aromatic rings. The number of halogens is 1. The quantitative estimate of drug-likeness (QED) is 0.714. The molecule has 4 N–H and O–H groups in total. The number of carboxylic acid groups (broad SMARTS) is 1. The molecular weight excluding hydrogens is 255 g/mol. The first-order valence-electron chi connectivity index (χ1n) is 5.64. The molecule has 104 valence electrons. The lowest BCUT2D eigenvalue weighted by Crippen LogP contribution is -2.37. The van der Waals surface area contributed by atoms with Crippen LogP contribution in [0.3, 0.4) is 0 Å². The minimum absolute atomic E-state index is 0.0790. The Bertz CT molecular complexity index is 479. The normalized spacial score (nSPS) is 11.7. The lowest BCUT2D eigenvalue weighted by Gasteiger charge is -2.11. The second kappa shape index (κ2) is 6.69. The van der Waals surface area contributed by atoms with Crippen molar-refractivity contribution in [2.45, 2.75) is 19.4 Å². The number of ether oxygens (including phenoxy) is 1. The highest BCUT2D eigenvalue weighted by atomic mass is 19.1. The van der Waals surface area contributed by atoms with E-state index in [0.717, 1.165) is 6.07 Å². The fraction of sp³-hybridized carbons (Fsp3) is 0.333. The predicted octanol–water partition coefficient (Wildman–Crippen LogP) is 0.965. The van der Waals surface area contributed by atoms with Gasteiger partial charge in [0.1, 0.15) is 0 Å². The van der Waals surface area contributed by atoms with Gasteiger partial charge in [0.2, 0.25) is 5.91 Å². The van der Waals surface area contributed by atoms with E-state index in [2.05, 4.69) is 5.32 Å². The summed E-state index contributed by atoms with van der Waals surface area (Å²) in [7, 11) is 0. The lowest BCUT2D eigenvalue weighted by molar-refractivity contribution is -0.138. The van der Waals surface area contributed by atoms with Crippen LogP contribution >= 0.6 is 0 Å². The summed E-state index contributed by atoms with van der Waals surface area (Å²) < 4.78 is 18.5. The summed E-state index contributed by atoms with van der Waals surface area (Å²) in [5, 5.41) is 10.8. The topological polar surface area (TPSA) is 102 Å². The second-order valence-electron chi connectivity index (χ2n) is 3.77. The Balaban J connectivity index is 2.69. The van der Waals surface area contributed by atoms with Crippen LogP contribution in [0.1, 0.15) is 13.3 Å². The van der Waals surface area contributed by atoms with Crippen LogP contribution in [0.4, 0.5) is 10.1 Å². The fourth-order valence-corrected chi connectivity index (χ4v) is 1.37. The summed E-state index contributed by atoms with van der Waals surface area (Å²) in [5.41, 5.74) is 5.56. The maximum atomic E-state index is 13.5. The van der Waals surface area contributed by atoms with Crippen LogP contribution in [0.5, 0.6) is 5.75 Å². The maximum absolute atomic E-state index is 13.5. The number of rotatable bonds is 6. The minimum atomic E-state index is -1.19. The summed E-state index contributed by atoms with van der Waals surface area (Å²) >= 11 is 0. The number of carbonyl (C=O) groups excluding carboxylic acids is 1. The third kappa shape index (κ3) is 4.55. The second-order valence-corrected chi connectivity index (χ2v) is 3.77. The van der Waals surface area contributed by atoms with Crippen LogP contribution in [-0.2, 0) is 9.59 Å². The zero-order chi connectivity index (χ0) is 14.4. The Kier molecular flexibility index (Phi) is 5.25. The van der Waals surface area contributed by atoms with E-state index in [0.29, 0.717) is 6.61 Å². The van der Waals surface area contributed by atoms with Crippen molar-refractivity contribution in [2.75, 3.05) is 11.9 Å². The van der Waals surface area contributed by atoms with E-state index in [-0.39, 0.29) is 11.4 Å². The van der Waals surface area contributed by atoms with Crippen LogP contribution in [0.2, 0.25) is 0 Å². The van der Waals surface area contributed by atoms with Crippen molar-refractivity contribution in [2.24, 2.45) is 5.73 Å². The number of hydrogen-bond acceptors (Lipinski definition) is 4. The Morgan fingerprint density at radius 3 is 2.74 bits per heavy atom. The van der Waals surface area contributed by atoms with E-state index in [1.54, 1.807) is 6.92 Å². The highest BCUT2D eigenvalue weighted by molar-refractivity contribution is 5.96. The predicted molar refractivity (Wildman–Crippen MR) is 66.4 cm³/mol. The molecule has 0 bridgehead atoms. The first-order chi connectivity index (χ1) is 8.93. The van der Waals surface area contributed by atoms with Crippen molar-refractivity contribution >= 4 is 17.6 Å². The molecule has 6 nitrogen and oxygen atoms in total. The molecule has 1 amide bonds. The third-order valence-electron chi connectivity index (χ3n) is 2.23. The van der Waals surface area contributed by atoms with Gasteiger partial charge in [-0.15, -0.1) is 0 Å². The number of hydrogen-bond donors (Lipinski definition) is 3. The van der Waals surface area contributed by atoms with E-state index in [4.69, 9.17) is 15.6 Å². The Labute approximate surface area is 109 Å². The van der Waals surface area contributed by atoms with E-state index >= 15 is 0 Å². The summed E-state index contributed by atoms with van der Waals surface area (Å²) in [6, 6.07) is 2.71. The molecule has 1 unspecified atom stereocenters. The van der Waals surface area contributed by atoms with Gasteiger partial charge in [-0.05, 0) is 19.1 Å². The van der Waals surface area contributed by atoms with E-state index in [1.807, 2.05) is 0 Å². The molecular formula is C12H15FN2O4. The van der Waals surface area contributed by atoms with Crippen molar-refractivity contribution in [3.63, 3.8) is 0 Å². The molecule has 1 aromatic carbocycles. The van der Waals surface area contributed by atoms with Crippen molar-refractivity contribution in [3.8, 4) is 5.75 Å². The number of aliphatic carboxylic acids is 1. The number of amides is 1. The van der Waals surface area contributed by atoms with Crippen LogP contribution in [-0.4, -0.2) is 29.6 Å². The molecule has 0 spiro atoms. The molecule has 0 saturated carbocycles. The van der Waals surface area contributed by atoms with Crippen molar-refractivity contribution < 1.29 is 23.8 Å². The highest BCUT2D eigenvalue weighted by Gasteiger charge is 2.17. The highest BCUT2D eigenvalue weighted by Crippen LogP contribution is 2.21. The molecule has 0 aliphatic rings. The van der Waals surface area contributed by atoms with Crippen molar-refractivity contribution in [1.82, 2.24) is 0 Å². The monoisotopic (exact) mass is 270 g/mol. The summed E-state index contributed by atoms with van der Waals surface area (Å²) in [5.74, 6) is -2.41. The Morgan fingerprint density at radius 2 is 2.21 bits per heavy atom. The van der Waals surface area contributed by atoms with Gasteiger partial charge in [-0.3, -0.25) is 9.59 Å². The fourth-order valence-electron chi connectivity index (χ4n) is 1.37. The number of nitrogens with two attached hydrogens (primary N) is 1. The number of carbonyl (C=O) groups is 2. The van der Waals surface area contributed by atoms with E-state index in [9.17, 15) is 14.0 Å². The van der Waals surface area contributed by atoms with Gasteiger partial charge in [0, 0.05) is 11.8 Å². The molecule has 0 aliphatic carbocycles. The zero-order valence-electron chi connectivity index (χ0n) is 10.4. The van der Waals surface area contributed by atoms with Crippen LogP contribution in [0.25, 0.3) is 0 Å². The SMILES string of the molecule is CCOc1ccc(NC(=O)C(N)CC(=O)O)cc1F. The van der Waals surface area contributed by atoms with Gasteiger partial charge in [0.05, 0.1) is 19.1 Å². The standard InChI is InChI=1S/C12H15FN2O4/c1-2-19-10-4-3-7(5-8(10)13)15-12(18)9(14)6-11(16)17/h3-5,9H,2,6,14H2,1H3,(H,15,18)(H,16,17). The summed E-state index contributed by atoms with van der Waals surface area (Å²) in [6.07, 6.45) is -0.495. The molecule has 0 aromatic heterocycles. The molecule has 7 heteroatoms. The average Bonchev–Trinajstić information content (AvgIpc) is 2.32. The molecule has 0 radical (unpaired) electrons. The van der Waals surface area contributed by atoms with Crippen molar-refractivity contribution in [3.05, 3.63) is 24.0 Å². The van der Waals surface area contributed by atoms with Gasteiger partial charge in [0.25, 0.3) is 0 Å². The summed E-state index contributed by atoms with van der Waals surface area (Å²) in [6.45, 7) is 2.05. The summed E-state index contributed by atoms with van der Waals surface area (Å²) in [4.78, 5) is 21.9. The van der Waals surface area contributed by atoms with Gasteiger partial charge >= 0.3 is 5.97 Å². The number of benzene rings is 1. The average molecular weight is 270 g/mol. The minimum Gasteiger partial charge on any atom is -0.491 e. The first-order valence-corrected chi connectivity index (χ1v) is 5.64.